The molecular weight excluding hydrogens is 418 g/mol. The summed E-state index contributed by atoms with van der Waals surface area (Å²) in [5.41, 5.74) is 1.43. The maximum atomic E-state index is 12.9. The lowest BCUT2D eigenvalue weighted by Crippen LogP contribution is -2.55. The van der Waals surface area contributed by atoms with Crippen molar-refractivity contribution in [3.05, 3.63) is 54.1 Å². The number of carbonyl (C=O) groups excluding carboxylic acids is 1. The van der Waals surface area contributed by atoms with Gasteiger partial charge in [0.05, 0.1) is 24.3 Å². The standard InChI is InChI=1S/C27H33NO5/c1-17(2)12-13-22-26(3,33-22)24-23(30-4)21(14-15-27(24)16-31-27)32-25(29)28-20-11-7-9-18-8-5-6-10-19(18)20/h5-12,21-24H,13-16H2,1-4H3,(H,28,29)/t21-,22-,23-,24-,26+,27+/m1/s1. The summed E-state index contributed by atoms with van der Waals surface area (Å²) in [6.07, 6.45) is 3.62. The van der Waals surface area contributed by atoms with Gasteiger partial charge in [-0.05, 0) is 51.5 Å². The fraction of sp³-hybridized carbons (Fsp3) is 0.519. The fourth-order valence-electron chi connectivity index (χ4n) is 5.68. The Hall–Kier alpha value is -2.41. The number of benzene rings is 2. The zero-order valence-electron chi connectivity index (χ0n) is 19.8. The van der Waals surface area contributed by atoms with Crippen LogP contribution in [0, 0.1) is 5.92 Å². The Morgan fingerprint density at radius 1 is 1.21 bits per heavy atom. The smallest absolute Gasteiger partial charge is 0.412 e. The number of methoxy groups -OCH3 is 1. The van der Waals surface area contributed by atoms with Gasteiger partial charge in [-0.1, -0.05) is 48.0 Å². The molecule has 6 heteroatoms. The number of epoxide rings is 2. The van der Waals surface area contributed by atoms with E-state index >= 15 is 0 Å². The highest BCUT2D eigenvalue weighted by Gasteiger charge is 2.72. The van der Waals surface area contributed by atoms with Crippen LogP contribution in [0.15, 0.2) is 54.1 Å². The number of carbonyl (C=O) groups is 1. The van der Waals surface area contributed by atoms with Gasteiger partial charge in [0.25, 0.3) is 0 Å². The molecule has 1 aliphatic carbocycles. The number of hydrogen-bond acceptors (Lipinski definition) is 5. The van der Waals surface area contributed by atoms with E-state index < -0.39 is 6.09 Å². The largest absolute Gasteiger partial charge is 0.443 e. The van der Waals surface area contributed by atoms with Crippen molar-refractivity contribution in [2.75, 3.05) is 19.0 Å². The number of nitrogens with one attached hydrogen (secondary N) is 1. The third kappa shape index (κ3) is 4.16. The van der Waals surface area contributed by atoms with Gasteiger partial charge in [0.15, 0.2) is 0 Å². The number of allylic oxidation sites excluding steroid dienone is 1. The minimum absolute atomic E-state index is 0.00895. The summed E-state index contributed by atoms with van der Waals surface area (Å²) >= 11 is 0. The van der Waals surface area contributed by atoms with Crippen molar-refractivity contribution in [2.24, 2.45) is 5.92 Å². The molecule has 6 nitrogen and oxygen atoms in total. The highest BCUT2D eigenvalue weighted by atomic mass is 16.6. The third-order valence-corrected chi connectivity index (χ3v) is 7.52. The summed E-state index contributed by atoms with van der Waals surface area (Å²) in [6, 6.07) is 13.8. The number of hydrogen-bond donors (Lipinski definition) is 1. The summed E-state index contributed by atoms with van der Waals surface area (Å²) in [7, 11) is 1.69. The molecule has 3 aliphatic rings. The average Bonchev–Trinajstić information content (AvgIpc) is 3.71. The molecule has 6 atom stereocenters. The second-order valence-corrected chi connectivity index (χ2v) is 9.97. The van der Waals surface area contributed by atoms with Crippen LogP contribution in [0.1, 0.15) is 40.0 Å². The molecule has 2 aromatic carbocycles. The number of ether oxygens (including phenoxy) is 4. The molecule has 0 radical (unpaired) electrons. The van der Waals surface area contributed by atoms with E-state index in [4.69, 9.17) is 18.9 Å². The minimum Gasteiger partial charge on any atom is -0.443 e. The van der Waals surface area contributed by atoms with Crippen molar-refractivity contribution in [3.8, 4) is 0 Å². The van der Waals surface area contributed by atoms with Crippen LogP contribution in [0.25, 0.3) is 10.8 Å². The maximum absolute atomic E-state index is 12.9. The molecule has 0 unspecified atom stereocenters. The molecule has 0 aromatic heterocycles. The monoisotopic (exact) mass is 451 g/mol. The Bertz CT molecular complexity index is 1070. The zero-order valence-corrected chi connectivity index (χ0v) is 19.8. The quantitative estimate of drug-likeness (QED) is 0.466. The van der Waals surface area contributed by atoms with Crippen molar-refractivity contribution in [2.45, 2.75) is 69.5 Å². The van der Waals surface area contributed by atoms with Gasteiger partial charge < -0.3 is 18.9 Å². The summed E-state index contributed by atoms with van der Waals surface area (Å²) < 4.78 is 24.2. The van der Waals surface area contributed by atoms with Crippen molar-refractivity contribution in [1.29, 1.82) is 0 Å². The molecule has 0 bridgehead atoms. The van der Waals surface area contributed by atoms with Gasteiger partial charge in [0.1, 0.15) is 23.4 Å². The first-order valence-corrected chi connectivity index (χ1v) is 11.8. The summed E-state index contributed by atoms with van der Waals surface area (Å²) in [4.78, 5) is 12.9. The highest BCUT2D eigenvalue weighted by molar-refractivity contribution is 6.00. The van der Waals surface area contributed by atoms with Crippen LogP contribution in [0.2, 0.25) is 0 Å². The normalized spacial score (nSPS) is 34.7. The molecule has 1 N–H and O–H groups in total. The van der Waals surface area contributed by atoms with E-state index in [-0.39, 0.29) is 35.4 Å². The molecule has 1 saturated carbocycles. The predicted molar refractivity (Wildman–Crippen MR) is 127 cm³/mol. The molecule has 2 aliphatic heterocycles. The fourth-order valence-corrected chi connectivity index (χ4v) is 5.68. The van der Waals surface area contributed by atoms with Crippen LogP contribution in [0.3, 0.4) is 0 Å². The lowest BCUT2D eigenvalue weighted by molar-refractivity contribution is -0.116. The molecule has 1 spiro atoms. The Kier molecular flexibility index (Phi) is 5.71. The second kappa shape index (κ2) is 8.42. The third-order valence-electron chi connectivity index (χ3n) is 7.52. The van der Waals surface area contributed by atoms with Gasteiger partial charge in [0.2, 0.25) is 0 Å². The number of amides is 1. The number of rotatable bonds is 6. The van der Waals surface area contributed by atoms with Crippen LogP contribution in [0.5, 0.6) is 0 Å². The topological polar surface area (TPSA) is 72.6 Å². The zero-order chi connectivity index (χ0) is 23.2. The molecule has 2 saturated heterocycles. The van der Waals surface area contributed by atoms with Gasteiger partial charge in [-0.25, -0.2) is 4.79 Å². The Balaban J connectivity index is 1.32. The molecule has 2 heterocycles. The van der Waals surface area contributed by atoms with Gasteiger partial charge in [0, 0.05) is 12.5 Å². The van der Waals surface area contributed by atoms with E-state index in [2.05, 4.69) is 32.2 Å². The van der Waals surface area contributed by atoms with Gasteiger partial charge >= 0.3 is 6.09 Å². The summed E-state index contributed by atoms with van der Waals surface area (Å²) in [6.45, 7) is 7.06. The Morgan fingerprint density at radius 2 is 1.97 bits per heavy atom. The summed E-state index contributed by atoms with van der Waals surface area (Å²) in [5, 5.41) is 4.98. The lowest BCUT2D eigenvalue weighted by Gasteiger charge is -2.42. The maximum Gasteiger partial charge on any atom is 0.412 e. The lowest BCUT2D eigenvalue weighted by atomic mass is 9.68. The van der Waals surface area contributed by atoms with E-state index in [0.717, 1.165) is 29.3 Å². The first-order valence-electron chi connectivity index (χ1n) is 11.8. The van der Waals surface area contributed by atoms with E-state index in [9.17, 15) is 4.79 Å². The molecule has 3 fully saturated rings. The molecule has 176 valence electrons. The van der Waals surface area contributed by atoms with Gasteiger partial charge in [-0.15, -0.1) is 0 Å². The minimum atomic E-state index is -0.465. The van der Waals surface area contributed by atoms with Crippen molar-refractivity contribution < 1.29 is 23.7 Å². The van der Waals surface area contributed by atoms with Crippen molar-refractivity contribution in [1.82, 2.24) is 0 Å². The van der Waals surface area contributed by atoms with E-state index in [1.807, 2.05) is 42.5 Å². The van der Waals surface area contributed by atoms with Crippen molar-refractivity contribution in [3.63, 3.8) is 0 Å². The van der Waals surface area contributed by atoms with Crippen molar-refractivity contribution >= 4 is 22.6 Å². The summed E-state index contributed by atoms with van der Waals surface area (Å²) in [5.74, 6) is 0.00895. The highest BCUT2D eigenvalue weighted by Crippen LogP contribution is 2.59. The predicted octanol–water partition coefficient (Wildman–Crippen LogP) is 5.46. The molecule has 1 amide bonds. The molecule has 5 rings (SSSR count). The van der Waals surface area contributed by atoms with Crippen LogP contribution >= 0.6 is 0 Å². The Morgan fingerprint density at radius 3 is 2.70 bits per heavy atom. The first-order chi connectivity index (χ1) is 15.9. The van der Waals surface area contributed by atoms with Crippen LogP contribution < -0.4 is 5.32 Å². The second-order valence-electron chi connectivity index (χ2n) is 9.97. The van der Waals surface area contributed by atoms with E-state index in [0.29, 0.717) is 13.0 Å². The van der Waals surface area contributed by atoms with E-state index in [1.165, 1.54) is 5.57 Å². The SMILES string of the molecule is CO[C@@H]1[C@H](OC(=O)Nc2cccc3ccccc23)CC[C@]2(CO2)[C@H]1[C@@]1(C)O[C@@H]1CC=C(C)C. The van der Waals surface area contributed by atoms with Crippen LogP contribution in [0.4, 0.5) is 10.5 Å². The molecule has 33 heavy (non-hydrogen) atoms. The van der Waals surface area contributed by atoms with Crippen LogP contribution in [-0.4, -0.2) is 49.3 Å². The van der Waals surface area contributed by atoms with Gasteiger partial charge in [-0.2, -0.15) is 0 Å². The van der Waals surface area contributed by atoms with Crippen LogP contribution in [-0.2, 0) is 18.9 Å². The molecule has 2 aromatic rings. The average molecular weight is 452 g/mol. The first kappa shape index (κ1) is 22.4. The Labute approximate surface area is 195 Å². The van der Waals surface area contributed by atoms with Gasteiger partial charge in [-0.3, -0.25) is 5.32 Å². The van der Waals surface area contributed by atoms with E-state index in [1.54, 1.807) is 7.11 Å². The number of anilines is 1. The number of fused-ring (bicyclic) bond motifs is 1. The molecular formula is C27H33NO5.